The van der Waals surface area contributed by atoms with Gasteiger partial charge in [0.2, 0.25) is 0 Å². The van der Waals surface area contributed by atoms with Crippen LogP contribution < -0.4 is 0 Å². The van der Waals surface area contributed by atoms with Crippen molar-refractivity contribution in [2.24, 2.45) is 0 Å². The molecular weight excluding hydrogens is 1140 g/mol. The normalized spacial score (nSPS) is 11.6. The summed E-state index contributed by atoms with van der Waals surface area (Å²) in [7, 11) is 0. The van der Waals surface area contributed by atoms with Crippen LogP contribution in [0.4, 0.5) is 13.2 Å². The molecule has 434 valence electrons. The lowest BCUT2D eigenvalue weighted by atomic mass is 9.95. The van der Waals surface area contributed by atoms with Gasteiger partial charge in [0.25, 0.3) is 0 Å². The number of fused-ring (bicyclic) bond motifs is 6. The minimum absolute atomic E-state index is 0.0730. The molecule has 0 atom stereocenters. The predicted molar refractivity (Wildman–Crippen MR) is 365 cm³/mol. The Labute approximate surface area is 527 Å². The molecule has 0 N–H and O–H groups in total. The first kappa shape index (κ1) is 55.0. The second-order valence-electron chi connectivity index (χ2n) is 22.9. The molecule has 0 saturated carbocycles. The molecule has 10 aromatic carbocycles. The first-order valence-corrected chi connectivity index (χ1v) is 30.2. The molecular formula is C82H50F3N7. The highest BCUT2D eigenvalue weighted by Gasteiger charge is 2.36. The van der Waals surface area contributed by atoms with Gasteiger partial charge in [0.15, 0.2) is 0 Å². The third-order valence-electron chi connectivity index (χ3n) is 17.4. The number of pyridine rings is 4. The van der Waals surface area contributed by atoms with Gasteiger partial charge in [0, 0.05) is 68.6 Å². The summed E-state index contributed by atoms with van der Waals surface area (Å²) in [5.74, 6) is 0. The van der Waals surface area contributed by atoms with Crippen molar-refractivity contribution in [3.05, 3.63) is 315 Å². The molecule has 6 heterocycles. The number of hydrogen-bond donors (Lipinski definition) is 0. The van der Waals surface area contributed by atoms with E-state index >= 15 is 13.2 Å². The number of halogens is 3. The summed E-state index contributed by atoms with van der Waals surface area (Å²) in [5, 5.41) is 13.6. The SMILES string of the molecule is N#Cc1cccc(-c2cc(-n3c4ccc(-c5ccnc(-c6ccccc6)c5)cc4c4cc(-c5ccnc(-c6ccccc6)c5)ccc43)c(-n3c4ccc(-c5ccnc(-c6ccccc6)c5)cc4c4cc(-c5ccnc(-c6ccccc6)c5)ccc43)cc2C(F)(F)F)c1. The number of aromatic nitrogens is 6. The Hall–Kier alpha value is -12.3. The van der Waals surface area contributed by atoms with Crippen molar-refractivity contribution in [3.63, 3.8) is 0 Å². The highest BCUT2D eigenvalue weighted by molar-refractivity contribution is 6.14. The summed E-state index contributed by atoms with van der Waals surface area (Å²) < 4.78 is 53.7. The van der Waals surface area contributed by atoms with Crippen LogP contribution in [0, 0.1) is 11.3 Å². The van der Waals surface area contributed by atoms with Gasteiger partial charge in [0.05, 0.1) is 73.4 Å². The molecule has 0 fully saturated rings. The highest BCUT2D eigenvalue weighted by Crippen LogP contribution is 2.47. The van der Waals surface area contributed by atoms with Gasteiger partial charge < -0.3 is 9.13 Å². The van der Waals surface area contributed by atoms with Gasteiger partial charge in [-0.25, -0.2) is 0 Å². The van der Waals surface area contributed by atoms with Crippen LogP contribution >= 0.6 is 0 Å². The van der Waals surface area contributed by atoms with Crippen molar-refractivity contribution in [2.45, 2.75) is 6.18 Å². The summed E-state index contributed by atoms with van der Waals surface area (Å²) in [5.41, 5.74) is 17.9. The molecule has 7 nitrogen and oxygen atoms in total. The molecule has 6 aromatic heterocycles. The van der Waals surface area contributed by atoms with Crippen LogP contribution in [-0.2, 0) is 6.18 Å². The number of benzene rings is 10. The average molecular weight is 1190 g/mol. The smallest absolute Gasteiger partial charge is 0.307 e. The van der Waals surface area contributed by atoms with E-state index in [0.717, 1.165) is 122 Å². The maximum absolute atomic E-state index is 16.5. The molecule has 0 radical (unpaired) electrons. The van der Waals surface area contributed by atoms with Crippen LogP contribution in [0.2, 0.25) is 0 Å². The van der Waals surface area contributed by atoms with Crippen molar-refractivity contribution in [1.82, 2.24) is 29.1 Å². The summed E-state index contributed by atoms with van der Waals surface area (Å²) >= 11 is 0. The third-order valence-corrected chi connectivity index (χ3v) is 17.4. The number of hydrogen-bond acceptors (Lipinski definition) is 5. The van der Waals surface area contributed by atoms with E-state index in [-0.39, 0.29) is 16.7 Å². The molecule has 0 saturated heterocycles. The first-order valence-electron chi connectivity index (χ1n) is 30.2. The Morgan fingerprint density at radius 3 is 0.902 bits per heavy atom. The Bertz CT molecular complexity index is 5300. The van der Waals surface area contributed by atoms with E-state index in [4.69, 9.17) is 19.9 Å². The zero-order chi connectivity index (χ0) is 61.9. The second-order valence-corrected chi connectivity index (χ2v) is 22.9. The van der Waals surface area contributed by atoms with Crippen molar-refractivity contribution >= 4 is 43.6 Å². The van der Waals surface area contributed by atoms with Gasteiger partial charge in [-0.1, -0.05) is 158 Å². The summed E-state index contributed by atoms with van der Waals surface area (Å²) in [4.78, 5) is 19.0. The van der Waals surface area contributed by atoms with E-state index in [1.54, 1.807) is 24.3 Å². The average Bonchev–Trinajstić information content (AvgIpc) is 1.54. The topological polar surface area (TPSA) is 85.2 Å². The molecule has 0 aliphatic heterocycles. The lowest BCUT2D eigenvalue weighted by Gasteiger charge is -2.22. The van der Waals surface area contributed by atoms with Gasteiger partial charge in [-0.3, -0.25) is 19.9 Å². The van der Waals surface area contributed by atoms with Crippen LogP contribution in [0.5, 0.6) is 0 Å². The molecule has 16 aromatic rings. The van der Waals surface area contributed by atoms with Crippen LogP contribution in [0.15, 0.2) is 304 Å². The van der Waals surface area contributed by atoms with Gasteiger partial charge in [-0.05, 0) is 177 Å². The Morgan fingerprint density at radius 2 is 0.587 bits per heavy atom. The Balaban J connectivity index is 0.986. The monoisotopic (exact) mass is 1190 g/mol. The minimum Gasteiger partial charge on any atom is -0.307 e. The maximum atomic E-state index is 16.5. The molecule has 0 spiro atoms. The number of alkyl halides is 3. The lowest BCUT2D eigenvalue weighted by Crippen LogP contribution is -2.12. The molecule has 0 aliphatic rings. The summed E-state index contributed by atoms with van der Waals surface area (Å²) in [6.45, 7) is 0. The fourth-order valence-electron chi connectivity index (χ4n) is 13.0. The Kier molecular flexibility index (Phi) is 13.6. The molecule has 0 amide bonds. The van der Waals surface area contributed by atoms with Gasteiger partial charge >= 0.3 is 6.18 Å². The predicted octanol–water partition coefficient (Wildman–Crippen LogP) is 21.4. The maximum Gasteiger partial charge on any atom is 0.417 e. The van der Waals surface area contributed by atoms with Gasteiger partial charge in [-0.15, -0.1) is 0 Å². The second kappa shape index (κ2) is 22.7. The van der Waals surface area contributed by atoms with Crippen molar-refractivity contribution in [1.29, 1.82) is 5.26 Å². The van der Waals surface area contributed by atoms with Crippen LogP contribution in [0.25, 0.3) is 156 Å². The van der Waals surface area contributed by atoms with Crippen LogP contribution in [0.1, 0.15) is 11.1 Å². The van der Waals surface area contributed by atoms with E-state index in [1.807, 2.05) is 199 Å². The van der Waals surface area contributed by atoms with Gasteiger partial charge in [-0.2, -0.15) is 18.4 Å². The Morgan fingerprint density at radius 1 is 0.283 bits per heavy atom. The van der Waals surface area contributed by atoms with E-state index in [2.05, 4.69) is 83.4 Å². The zero-order valence-corrected chi connectivity index (χ0v) is 49.1. The van der Waals surface area contributed by atoms with Crippen molar-refractivity contribution < 1.29 is 13.2 Å². The van der Waals surface area contributed by atoms with E-state index in [9.17, 15) is 5.26 Å². The van der Waals surface area contributed by atoms with Crippen molar-refractivity contribution in [2.75, 3.05) is 0 Å². The van der Waals surface area contributed by atoms with Crippen LogP contribution in [0.3, 0.4) is 0 Å². The van der Waals surface area contributed by atoms with E-state index in [0.29, 0.717) is 22.4 Å². The fourth-order valence-corrected chi connectivity index (χ4v) is 13.0. The fraction of sp³-hybridized carbons (Fsp3) is 0.0122. The van der Waals surface area contributed by atoms with Crippen molar-refractivity contribution in [3.8, 4) is 118 Å². The zero-order valence-electron chi connectivity index (χ0n) is 49.1. The minimum atomic E-state index is -4.85. The summed E-state index contributed by atoms with van der Waals surface area (Å²) in [6, 6.07) is 93.1. The molecule has 0 aliphatic carbocycles. The highest BCUT2D eigenvalue weighted by atomic mass is 19.4. The molecule has 0 bridgehead atoms. The van der Waals surface area contributed by atoms with E-state index < -0.39 is 11.7 Å². The number of nitriles is 1. The standard InChI is InChI=1S/C82H50F3N7/c83-82(84,85)71-50-81(92-78-30-26-59(63-34-38-89-74(47-63)55-19-9-3-10-20-55)43-69(78)70-44-60(27-31-79(70)92)64-35-39-90-75(48-64)56-21-11-4-12-22-56)80(49-66(71)65-23-13-14-52(40-65)51-86)91-76-28-24-57(61-32-36-87-72(45-61)53-15-5-1-6-16-53)41-67(76)68-42-58(25-29-77(68)91)62-33-37-88-73(46-62)54-17-7-2-8-18-54/h1-50H. The number of nitrogens with zero attached hydrogens (tertiary/aromatic N) is 7. The number of rotatable bonds is 11. The molecule has 92 heavy (non-hydrogen) atoms. The first-order chi connectivity index (χ1) is 45.2. The lowest BCUT2D eigenvalue weighted by molar-refractivity contribution is -0.137. The van der Waals surface area contributed by atoms with Gasteiger partial charge in [0.1, 0.15) is 0 Å². The third kappa shape index (κ3) is 10.0. The molecule has 10 heteroatoms. The van der Waals surface area contributed by atoms with E-state index in [1.165, 1.54) is 12.1 Å². The molecule has 16 rings (SSSR count). The van der Waals surface area contributed by atoms with Crippen LogP contribution in [-0.4, -0.2) is 29.1 Å². The summed E-state index contributed by atoms with van der Waals surface area (Å²) in [6.07, 6.45) is 2.42. The quantitative estimate of drug-likeness (QED) is 0.129. The largest absolute Gasteiger partial charge is 0.417 e. The molecule has 0 unspecified atom stereocenters.